The summed E-state index contributed by atoms with van der Waals surface area (Å²) in [5.74, 6) is 0.433. The number of aliphatic carboxylic acids is 1. The van der Waals surface area contributed by atoms with Crippen LogP contribution in [0, 0.1) is 11.8 Å². The third kappa shape index (κ3) is 21.2. The number of ether oxygens (including phenoxy) is 9. The molecule has 18 nitrogen and oxygen atoms in total. The van der Waals surface area contributed by atoms with E-state index in [-0.39, 0.29) is 17.9 Å². The summed E-state index contributed by atoms with van der Waals surface area (Å²) < 4.78 is 52.7. The molecule has 2 fully saturated rings. The molecule has 0 bridgehead atoms. The van der Waals surface area contributed by atoms with E-state index in [1.54, 1.807) is 17.8 Å². The van der Waals surface area contributed by atoms with Crippen molar-refractivity contribution < 1.29 is 57.6 Å². The lowest BCUT2D eigenvalue weighted by Crippen LogP contribution is -2.43. The molecule has 18 heteroatoms. The Morgan fingerprint density at radius 3 is 1.43 bits per heavy atom. The predicted octanol–water partition coefficient (Wildman–Crippen LogP) is 5.06. The number of benzene rings is 1. The topological polar surface area (TPSA) is 202 Å². The Morgan fingerprint density at radius 2 is 1.03 bits per heavy atom. The van der Waals surface area contributed by atoms with Crippen LogP contribution in [0.1, 0.15) is 76.7 Å². The van der Waals surface area contributed by atoms with Gasteiger partial charge in [-0.2, -0.15) is 0 Å². The summed E-state index contributed by atoms with van der Waals surface area (Å²) in [4.78, 5) is 43.6. The smallest absolute Gasteiger partial charge is 0.332 e. The number of carbonyl (C=O) groups is 1. The Labute approximate surface area is 395 Å². The number of carboxylic acid groups (broad SMARTS) is 1. The average molecular weight is 947 g/mol. The molecule has 0 aliphatic heterocycles. The number of rotatable bonds is 34. The van der Waals surface area contributed by atoms with E-state index >= 15 is 0 Å². The van der Waals surface area contributed by atoms with Crippen molar-refractivity contribution in [2.24, 2.45) is 11.8 Å². The van der Waals surface area contributed by atoms with E-state index in [1.165, 1.54) is 30.3 Å². The first-order chi connectivity index (χ1) is 32.9. The van der Waals surface area contributed by atoms with Gasteiger partial charge in [0.15, 0.2) is 11.2 Å². The third-order valence-corrected chi connectivity index (χ3v) is 11.6. The summed E-state index contributed by atoms with van der Waals surface area (Å²) in [6, 6.07) is 7.45. The number of aryl methyl sites for hydroxylation is 1. The van der Waals surface area contributed by atoms with E-state index < -0.39 is 5.97 Å². The predicted molar refractivity (Wildman–Crippen MR) is 255 cm³/mol. The maximum absolute atomic E-state index is 13.9. The van der Waals surface area contributed by atoms with Crippen LogP contribution in [-0.2, 0) is 67.1 Å². The molecule has 0 atom stereocenters. The zero-order valence-corrected chi connectivity index (χ0v) is 40.1. The summed E-state index contributed by atoms with van der Waals surface area (Å²) in [5.41, 5.74) is 2.11. The van der Waals surface area contributed by atoms with Gasteiger partial charge in [0.1, 0.15) is 5.82 Å². The number of imidazole rings is 1. The number of carboxylic acids is 1. The lowest BCUT2D eigenvalue weighted by molar-refractivity contribution is -0.131. The first-order valence-corrected chi connectivity index (χ1v) is 24.3. The Hall–Kier alpha value is -3.82. The van der Waals surface area contributed by atoms with Crippen molar-refractivity contribution >= 4 is 23.2 Å². The summed E-state index contributed by atoms with van der Waals surface area (Å²) in [6.45, 7) is 12.5. The van der Waals surface area contributed by atoms with Gasteiger partial charge >= 0.3 is 11.7 Å². The monoisotopic (exact) mass is 947 g/mol. The molecule has 0 radical (unpaired) electrons. The van der Waals surface area contributed by atoms with Crippen molar-refractivity contribution in [2.45, 2.75) is 90.8 Å². The van der Waals surface area contributed by atoms with Gasteiger partial charge in [0.2, 0.25) is 0 Å². The number of hydrogen-bond acceptors (Lipinski definition) is 14. The Kier molecular flexibility index (Phi) is 28.7. The second-order valence-corrected chi connectivity index (χ2v) is 16.6. The van der Waals surface area contributed by atoms with Gasteiger partial charge in [-0.1, -0.05) is 62.8 Å². The SMILES string of the molecule is CCn1c(-c2ccc(/C=C/C(=O)O)cc2)nc2c1c(=O)n(CC1CCCCC1)c(=O)n2CC1CCCCC1.COCCOCCOCCOCCOCCOCCOCCOCCOCCO. The summed E-state index contributed by atoms with van der Waals surface area (Å²) >= 11 is 0. The molecule has 5 rings (SSSR count). The van der Waals surface area contributed by atoms with Crippen LogP contribution < -0.4 is 11.2 Å². The maximum Gasteiger partial charge on any atom is 0.332 e. The molecule has 0 unspecified atom stereocenters. The molecule has 0 saturated heterocycles. The third-order valence-electron chi connectivity index (χ3n) is 11.6. The van der Waals surface area contributed by atoms with E-state index in [0.717, 1.165) is 55.7 Å². The van der Waals surface area contributed by atoms with Crippen molar-refractivity contribution in [1.29, 1.82) is 0 Å². The fourth-order valence-electron chi connectivity index (χ4n) is 8.16. The number of hydrogen-bond donors (Lipinski definition) is 2. The standard InChI is InChI=1S/C30H38N4O4.C19H40O10/c1-2-32-26-28(31-27(32)24-16-13-21(14-17-24)15-18-25(35)36)33(19-22-9-5-3-6-10-22)30(38)34(29(26)37)20-23-11-7-4-8-12-23;1-21-4-5-23-8-9-25-12-13-27-16-17-29-19-18-28-15-14-26-11-10-24-7-6-22-3-2-20/h13-18,22-23H,2-12,19-20H2,1H3,(H,35,36);20H,2-19H2,1H3/b18-15+;. The number of methoxy groups -OCH3 is 1. The zero-order chi connectivity index (χ0) is 47.7. The molecule has 2 heterocycles. The van der Waals surface area contributed by atoms with Crippen molar-refractivity contribution in [3.05, 3.63) is 56.7 Å². The van der Waals surface area contributed by atoms with Crippen molar-refractivity contribution in [2.75, 3.05) is 126 Å². The highest BCUT2D eigenvalue weighted by Gasteiger charge is 2.26. The van der Waals surface area contributed by atoms with Gasteiger partial charge in [-0.15, -0.1) is 0 Å². The minimum absolute atomic E-state index is 0.0322. The number of nitrogens with zero attached hydrogens (tertiary/aromatic N) is 4. The zero-order valence-electron chi connectivity index (χ0n) is 40.1. The molecule has 0 amide bonds. The summed E-state index contributed by atoms with van der Waals surface area (Å²) in [7, 11) is 1.64. The van der Waals surface area contributed by atoms with Crippen molar-refractivity contribution in [3.63, 3.8) is 0 Å². The van der Waals surface area contributed by atoms with Gasteiger partial charge in [0.05, 0.1) is 119 Å². The lowest BCUT2D eigenvalue weighted by Gasteiger charge is -2.24. The molecule has 1 aromatic carbocycles. The van der Waals surface area contributed by atoms with Crippen molar-refractivity contribution in [3.8, 4) is 11.4 Å². The summed E-state index contributed by atoms with van der Waals surface area (Å²) in [6.07, 6.45) is 14.1. The molecule has 2 aromatic heterocycles. The van der Waals surface area contributed by atoms with Crippen LogP contribution in [-0.4, -0.2) is 161 Å². The highest BCUT2D eigenvalue weighted by molar-refractivity contribution is 5.85. The molecule has 2 N–H and O–H groups in total. The second kappa shape index (κ2) is 34.5. The minimum Gasteiger partial charge on any atom is -0.478 e. The first kappa shape index (κ1) is 55.8. The van der Waals surface area contributed by atoms with Crippen LogP contribution in [0.4, 0.5) is 0 Å². The van der Waals surface area contributed by atoms with Crippen LogP contribution in [0.3, 0.4) is 0 Å². The maximum atomic E-state index is 13.9. The largest absolute Gasteiger partial charge is 0.478 e. The van der Waals surface area contributed by atoms with Crippen LogP contribution in [0.5, 0.6) is 0 Å². The van der Waals surface area contributed by atoms with Crippen LogP contribution in [0.25, 0.3) is 28.6 Å². The van der Waals surface area contributed by atoms with Crippen molar-refractivity contribution in [1.82, 2.24) is 18.7 Å². The van der Waals surface area contributed by atoms with Gasteiger partial charge in [-0.3, -0.25) is 13.9 Å². The van der Waals surface area contributed by atoms with Crippen LogP contribution in [0.15, 0.2) is 39.9 Å². The van der Waals surface area contributed by atoms with Crippen LogP contribution >= 0.6 is 0 Å². The molecule has 2 aliphatic rings. The highest BCUT2D eigenvalue weighted by Crippen LogP contribution is 2.29. The second-order valence-electron chi connectivity index (χ2n) is 16.6. The average Bonchev–Trinajstić information content (AvgIpc) is 3.74. The van der Waals surface area contributed by atoms with E-state index in [4.69, 9.17) is 57.8 Å². The fraction of sp³-hybridized carbons (Fsp3) is 0.714. The van der Waals surface area contributed by atoms with Gasteiger partial charge in [-0.05, 0) is 56.1 Å². The number of aromatic nitrogens is 4. The Balaban J connectivity index is 0.000000306. The van der Waals surface area contributed by atoms with Gasteiger partial charge < -0.3 is 57.4 Å². The van der Waals surface area contributed by atoms with Crippen LogP contribution in [0.2, 0.25) is 0 Å². The molecule has 0 spiro atoms. The Morgan fingerprint density at radius 1 is 0.612 bits per heavy atom. The molecular weight excluding hydrogens is 869 g/mol. The minimum atomic E-state index is -0.998. The van der Waals surface area contributed by atoms with E-state index in [1.807, 2.05) is 35.8 Å². The molecule has 67 heavy (non-hydrogen) atoms. The Bertz CT molecular complexity index is 1890. The van der Waals surface area contributed by atoms with Gasteiger partial charge in [-0.25, -0.2) is 14.6 Å². The molecule has 378 valence electrons. The lowest BCUT2D eigenvalue weighted by atomic mass is 9.89. The number of aliphatic hydroxyl groups is 1. The molecule has 2 aliphatic carbocycles. The summed E-state index contributed by atoms with van der Waals surface area (Å²) in [5, 5.41) is 17.4. The van der Waals surface area contributed by atoms with E-state index in [0.29, 0.717) is 161 Å². The quantitative estimate of drug-likeness (QED) is 0.0594. The molecular formula is C49H78N4O14. The number of fused-ring (bicyclic) bond motifs is 1. The highest BCUT2D eigenvalue weighted by atomic mass is 16.6. The van der Waals surface area contributed by atoms with E-state index in [9.17, 15) is 14.4 Å². The number of aliphatic hydroxyl groups excluding tert-OH is 1. The van der Waals surface area contributed by atoms with Gasteiger partial charge in [0.25, 0.3) is 5.56 Å². The normalized spacial score (nSPS) is 14.9. The van der Waals surface area contributed by atoms with E-state index in [2.05, 4.69) is 0 Å². The molecule has 2 saturated carbocycles. The van der Waals surface area contributed by atoms with Gasteiger partial charge in [0, 0.05) is 38.4 Å². The molecule has 3 aromatic rings. The first-order valence-electron chi connectivity index (χ1n) is 24.3. The fourth-order valence-corrected chi connectivity index (χ4v) is 8.16.